The van der Waals surface area contributed by atoms with Gasteiger partial charge in [0.05, 0.1) is 5.41 Å². The molecule has 2 saturated carbocycles. The summed E-state index contributed by atoms with van der Waals surface area (Å²) in [5.41, 5.74) is 5.70. The molecule has 3 aliphatic rings. The molecule has 3 unspecified atom stereocenters. The van der Waals surface area contributed by atoms with Crippen molar-refractivity contribution in [3.8, 4) is 0 Å². The average Bonchev–Trinajstić information content (AvgIpc) is 3.46. The van der Waals surface area contributed by atoms with Crippen molar-refractivity contribution in [3.05, 3.63) is 0 Å². The van der Waals surface area contributed by atoms with E-state index in [2.05, 4.69) is 36.9 Å². The first kappa shape index (κ1) is 17.7. The van der Waals surface area contributed by atoms with Crippen LogP contribution in [0.15, 0.2) is 0 Å². The van der Waals surface area contributed by atoms with Crippen molar-refractivity contribution in [1.82, 2.24) is 21.1 Å². The molecule has 0 aromatic rings. The van der Waals surface area contributed by atoms with Gasteiger partial charge in [-0.3, -0.25) is 20.3 Å². The van der Waals surface area contributed by atoms with Gasteiger partial charge < -0.3 is 4.90 Å². The molecule has 1 saturated heterocycles. The molecular weight excluding hydrogens is 304 g/mol. The van der Waals surface area contributed by atoms with Crippen molar-refractivity contribution < 1.29 is 9.59 Å². The quantitative estimate of drug-likeness (QED) is 0.588. The van der Waals surface area contributed by atoms with Crippen LogP contribution in [0.3, 0.4) is 0 Å². The molecule has 1 aliphatic heterocycles. The number of unbranched alkanes of at least 4 members (excludes halogenated alkanes) is 1. The molecule has 2 aliphatic carbocycles. The van der Waals surface area contributed by atoms with Crippen LogP contribution in [-0.2, 0) is 9.59 Å². The maximum atomic E-state index is 12.8. The lowest BCUT2D eigenvalue weighted by molar-refractivity contribution is -0.142. The summed E-state index contributed by atoms with van der Waals surface area (Å²) >= 11 is 0. The highest BCUT2D eigenvalue weighted by Crippen LogP contribution is 2.61. The van der Waals surface area contributed by atoms with Crippen LogP contribution in [-0.4, -0.2) is 41.5 Å². The molecule has 0 spiro atoms. The Morgan fingerprint density at radius 1 is 1.33 bits per heavy atom. The van der Waals surface area contributed by atoms with Gasteiger partial charge in [0.15, 0.2) is 6.17 Å². The number of rotatable bonds is 8. The number of hydrazine groups is 1. The lowest BCUT2D eigenvalue weighted by atomic mass is 10.00. The van der Waals surface area contributed by atoms with Gasteiger partial charge in [0.25, 0.3) is 5.91 Å². The van der Waals surface area contributed by atoms with Gasteiger partial charge in [0.1, 0.15) is 0 Å². The van der Waals surface area contributed by atoms with Crippen molar-refractivity contribution in [2.24, 2.45) is 11.3 Å². The van der Waals surface area contributed by atoms with E-state index in [0.717, 1.165) is 38.6 Å². The Morgan fingerprint density at radius 2 is 2.04 bits per heavy atom. The summed E-state index contributed by atoms with van der Waals surface area (Å²) in [5.74, 6) is 0.683. The molecule has 6 nitrogen and oxygen atoms in total. The number of hydrogen-bond donors (Lipinski definition) is 3. The average molecular weight is 336 g/mol. The van der Waals surface area contributed by atoms with Gasteiger partial charge >= 0.3 is 0 Å². The highest BCUT2D eigenvalue weighted by atomic mass is 16.2. The second-order valence-electron chi connectivity index (χ2n) is 7.77. The second kappa shape index (κ2) is 7.00. The summed E-state index contributed by atoms with van der Waals surface area (Å²) in [5, 5.41) is 3.36. The van der Waals surface area contributed by atoms with Crippen LogP contribution in [0.5, 0.6) is 0 Å². The van der Waals surface area contributed by atoms with Crippen LogP contribution in [0, 0.1) is 11.3 Å². The number of nitrogens with one attached hydrogen (secondary N) is 3. The fraction of sp³-hybridized carbons (Fsp3) is 0.889. The minimum Gasteiger partial charge on any atom is -0.336 e. The zero-order valence-corrected chi connectivity index (χ0v) is 15.2. The van der Waals surface area contributed by atoms with Crippen LogP contribution in [0.2, 0.25) is 0 Å². The highest BCUT2D eigenvalue weighted by Gasteiger charge is 2.59. The Hall–Kier alpha value is -1.14. The number of carbonyl (C=O) groups excluding carboxylic acids is 2. The molecule has 0 aromatic carbocycles. The molecule has 0 bridgehead atoms. The SMILES string of the molecule is CCCCN1C(=O)C(NNC(=O)C2(C3CC3)CC2)NC(CC)C1C. The summed E-state index contributed by atoms with van der Waals surface area (Å²) in [4.78, 5) is 27.2. The van der Waals surface area contributed by atoms with E-state index in [9.17, 15) is 9.59 Å². The summed E-state index contributed by atoms with van der Waals surface area (Å²) in [6.07, 6.45) is 6.85. The van der Waals surface area contributed by atoms with Gasteiger partial charge in [0, 0.05) is 18.6 Å². The van der Waals surface area contributed by atoms with Crippen molar-refractivity contribution in [1.29, 1.82) is 0 Å². The topological polar surface area (TPSA) is 73.5 Å². The van der Waals surface area contributed by atoms with Gasteiger partial charge in [-0.1, -0.05) is 20.3 Å². The molecule has 24 heavy (non-hydrogen) atoms. The monoisotopic (exact) mass is 336 g/mol. The number of hydrogen-bond acceptors (Lipinski definition) is 4. The van der Waals surface area contributed by atoms with Crippen LogP contribution < -0.4 is 16.2 Å². The minimum absolute atomic E-state index is 0.0391. The molecule has 1 heterocycles. The van der Waals surface area contributed by atoms with E-state index in [1.165, 1.54) is 12.8 Å². The van der Waals surface area contributed by atoms with E-state index >= 15 is 0 Å². The lowest BCUT2D eigenvalue weighted by Gasteiger charge is -2.43. The third kappa shape index (κ3) is 3.31. The van der Waals surface area contributed by atoms with E-state index in [-0.39, 0.29) is 29.3 Å². The van der Waals surface area contributed by atoms with E-state index in [1.54, 1.807) is 0 Å². The third-order valence-electron chi connectivity index (χ3n) is 6.11. The van der Waals surface area contributed by atoms with Gasteiger partial charge in [0.2, 0.25) is 5.91 Å². The van der Waals surface area contributed by atoms with Gasteiger partial charge in [-0.25, -0.2) is 5.43 Å². The molecule has 3 N–H and O–H groups in total. The maximum Gasteiger partial charge on any atom is 0.256 e. The predicted molar refractivity (Wildman–Crippen MR) is 92.8 cm³/mol. The fourth-order valence-electron chi connectivity index (χ4n) is 4.07. The Morgan fingerprint density at radius 3 is 2.58 bits per heavy atom. The molecule has 3 rings (SSSR count). The Kier molecular flexibility index (Phi) is 5.16. The second-order valence-corrected chi connectivity index (χ2v) is 7.77. The number of carbonyl (C=O) groups is 2. The molecule has 0 radical (unpaired) electrons. The molecule has 2 amide bonds. The normalized spacial score (nSPS) is 31.9. The van der Waals surface area contributed by atoms with Crippen LogP contribution in [0.25, 0.3) is 0 Å². The molecule has 3 atom stereocenters. The smallest absolute Gasteiger partial charge is 0.256 e. The lowest BCUT2D eigenvalue weighted by Crippen LogP contribution is -2.70. The number of nitrogens with zero attached hydrogens (tertiary/aromatic N) is 1. The Labute approximate surface area is 145 Å². The molecular formula is C18H32N4O2. The molecule has 136 valence electrons. The Bertz CT molecular complexity index is 487. The minimum atomic E-state index is -0.526. The van der Waals surface area contributed by atoms with Crippen molar-refractivity contribution in [2.75, 3.05) is 6.54 Å². The maximum absolute atomic E-state index is 12.8. The molecule has 3 fully saturated rings. The zero-order chi connectivity index (χ0) is 17.3. The van der Waals surface area contributed by atoms with Gasteiger partial charge in [-0.05, 0) is 51.4 Å². The summed E-state index contributed by atoms with van der Waals surface area (Å²) < 4.78 is 0. The first-order valence-corrected chi connectivity index (χ1v) is 9.66. The third-order valence-corrected chi connectivity index (χ3v) is 6.11. The van der Waals surface area contributed by atoms with E-state index < -0.39 is 6.17 Å². The van der Waals surface area contributed by atoms with E-state index in [4.69, 9.17) is 0 Å². The Balaban J connectivity index is 1.59. The molecule has 0 aromatic heterocycles. The first-order chi connectivity index (χ1) is 11.5. The number of amides is 2. The standard InChI is InChI=1S/C18H32N4O2/c1-4-6-11-22-12(3)14(5-2)19-15(16(22)23)20-21-17(24)18(9-10-18)13-7-8-13/h12-15,19-20H,4-11H2,1-3H3,(H,21,24). The van der Waals surface area contributed by atoms with Crippen molar-refractivity contribution in [3.63, 3.8) is 0 Å². The highest BCUT2D eigenvalue weighted by molar-refractivity contribution is 5.87. The van der Waals surface area contributed by atoms with E-state index in [0.29, 0.717) is 5.92 Å². The van der Waals surface area contributed by atoms with Crippen LogP contribution in [0.4, 0.5) is 0 Å². The van der Waals surface area contributed by atoms with Crippen molar-refractivity contribution in [2.45, 2.75) is 84.0 Å². The van der Waals surface area contributed by atoms with Gasteiger partial charge in [-0.15, -0.1) is 0 Å². The predicted octanol–water partition coefficient (Wildman–Crippen LogP) is 1.52. The van der Waals surface area contributed by atoms with Gasteiger partial charge in [-0.2, -0.15) is 0 Å². The first-order valence-electron chi connectivity index (χ1n) is 9.66. The summed E-state index contributed by atoms with van der Waals surface area (Å²) in [6.45, 7) is 7.16. The molecule has 6 heteroatoms. The van der Waals surface area contributed by atoms with Crippen LogP contribution in [0.1, 0.15) is 65.7 Å². The van der Waals surface area contributed by atoms with E-state index in [1.807, 2.05) is 4.90 Å². The number of piperazine rings is 1. The summed E-state index contributed by atoms with van der Waals surface area (Å²) in [7, 11) is 0. The van der Waals surface area contributed by atoms with Crippen LogP contribution >= 0.6 is 0 Å². The largest absolute Gasteiger partial charge is 0.336 e. The zero-order valence-electron chi connectivity index (χ0n) is 15.2. The fourth-order valence-corrected chi connectivity index (χ4v) is 4.07. The summed E-state index contributed by atoms with van der Waals surface area (Å²) in [6, 6.07) is 0.427. The van der Waals surface area contributed by atoms with Crippen molar-refractivity contribution >= 4 is 11.8 Å².